The molecule has 3 N–H and O–H groups in total. The van der Waals surface area contributed by atoms with E-state index in [-0.39, 0.29) is 4.90 Å². The number of benzene rings is 2. The number of anilines is 2. The molecule has 1 aromatic heterocycles. The highest BCUT2D eigenvalue weighted by atomic mass is 35.5. The molecule has 0 saturated carbocycles. The van der Waals surface area contributed by atoms with Crippen molar-refractivity contribution in [3.63, 3.8) is 0 Å². The Morgan fingerprint density at radius 1 is 1.14 bits per heavy atom. The molecule has 9 heteroatoms. The van der Waals surface area contributed by atoms with Gasteiger partial charge in [-0.2, -0.15) is 0 Å². The summed E-state index contributed by atoms with van der Waals surface area (Å²) in [6.45, 7) is 2.29. The van der Waals surface area contributed by atoms with Gasteiger partial charge in [0.15, 0.2) is 5.11 Å². The van der Waals surface area contributed by atoms with Crippen molar-refractivity contribution >= 4 is 50.3 Å². The second-order valence-corrected chi connectivity index (χ2v) is 8.50. The number of halogens is 1. The molecule has 146 valence electrons. The van der Waals surface area contributed by atoms with Crippen LogP contribution in [0.5, 0.6) is 0 Å². The van der Waals surface area contributed by atoms with Crippen molar-refractivity contribution in [3.05, 3.63) is 77.2 Å². The van der Waals surface area contributed by atoms with E-state index < -0.39 is 10.0 Å². The lowest BCUT2D eigenvalue weighted by molar-refractivity contribution is 0.503. The number of sulfonamides is 1. The van der Waals surface area contributed by atoms with Crippen LogP contribution in [0.25, 0.3) is 0 Å². The van der Waals surface area contributed by atoms with Crippen LogP contribution >= 0.6 is 23.8 Å². The summed E-state index contributed by atoms with van der Waals surface area (Å²) in [6.07, 6.45) is 1.58. The molecular formula is C19H18ClN3O3S2. The van der Waals surface area contributed by atoms with E-state index in [2.05, 4.69) is 15.4 Å². The normalized spacial score (nSPS) is 11.1. The zero-order valence-electron chi connectivity index (χ0n) is 14.9. The van der Waals surface area contributed by atoms with Gasteiger partial charge in [-0.25, -0.2) is 8.42 Å². The van der Waals surface area contributed by atoms with Crippen molar-refractivity contribution in [2.75, 3.05) is 10.0 Å². The van der Waals surface area contributed by atoms with Gasteiger partial charge in [0.05, 0.1) is 17.7 Å². The Bertz CT molecular complexity index is 1070. The van der Waals surface area contributed by atoms with Gasteiger partial charge >= 0.3 is 0 Å². The highest BCUT2D eigenvalue weighted by molar-refractivity contribution is 7.92. The molecule has 0 aliphatic heterocycles. The molecule has 0 saturated heterocycles. The predicted octanol–water partition coefficient (Wildman–Crippen LogP) is 4.53. The van der Waals surface area contributed by atoms with Crippen LogP contribution in [0.4, 0.5) is 11.4 Å². The van der Waals surface area contributed by atoms with E-state index >= 15 is 0 Å². The third kappa shape index (κ3) is 5.25. The van der Waals surface area contributed by atoms with Gasteiger partial charge in [0, 0.05) is 16.4 Å². The Morgan fingerprint density at radius 3 is 2.57 bits per heavy atom. The summed E-state index contributed by atoms with van der Waals surface area (Å²) in [5.74, 6) is 0.740. The van der Waals surface area contributed by atoms with Gasteiger partial charge in [-0.15, -0.1) is 0 Å². The Morgan fingerprint density at radius 2 is 1.89 bits per heavy atom. The van der Waals surface area contributed by atoms with Gasteiger partial charge in [0.2, 0.25) is 0 Å². The van der Waals surface area contributed by atoms with Crippen LogP contribution in [0, 0.1) is 6.92 Å². The first-order valence-electron chi connectivity index (χ1n) is 8.30. The smallest absolute Gasteiger partial charge is 0.261 e. The molecule has 0 fully saturated rings. The third-order valence-electron chi connectivity index (χ3n) is 3.87. The number of rotatable bonds is 6. The van der Waals surface area contributed by atoms with Crippen LogP contribution in [0.15, 0.2) is 70.2 Å². The average molecular weight is 436 g/mol. The quantitative estimate of drug-likeness (QED) is 0.493. The fourth-order valence-corrected chi connectivity index (χ4v) is 3.77. The second-order valence-electron chi connectivity index (χ2n) is 5.98. The average Bonchev–Trinajstić information content (AvgIpc) is 3.17. The molecule has 0 amide bonds. The van der Waals surface area contributed by atoms with Crippen LogP contribution in [-0.2, 0) is 16.6 Å². The van der Waals surface area contributed by atoms with Crippen LogP contribution in [0.2, 0.25) is 5.02 Å². The lowest BCUT2D eigenvalue weighted by atomic mass is 10.2. The van der Waals surface area contributed by atoms with Crippen molar-refractivity contribution in [1.29, 1.82) is 0 Å². The van der Waals surface area contributed by atoms with E-state index in [1.165, 1.54) is 12.1 Å². The topological polar surface area (TPSA) is 83.4 Å². The fourth-order valence-electron chi connectivity index (χ4n) is 2.38. The zero-order chi connectivity index (χ0) is 20.1. The maximum absolute atomic E-state index is 12.7. The molecule has 3 aromatic rings. The number of thiocarbonyl (C=S) groups is 1. The van der Waals surface area contributed by atoms with Gasteiger partial charge < -0.3 is 15.1 Å². The third-order valence-corrected chi connectivity index (χ3v) is 5.74. The number of nitrogens with one attached hydrogen (secondary N) is 3. The summed E-state index contributed by atoms with van der Waals surface area (Å²) in [5, 5.41) is 6.93. The Balaban J connectivity index is 1.72. The number of furan rings is 1. The van der Waals surface area contributed by atoms with Crippen LogP contribution in [-0.4, -0.2) is 13.5 Å². The van der Waals surface area contributed by atoms with Crippen LogP contribution in [0.1, 0.15) is 11.3 Å². The van der Waals surface area contributed by atoms with Gasteiger partial charge in [-0.3, -0.25) is 4.72 Å². The first-order valence-corrected chi connectivity index (χ1v) is 10.6. The molecular weight excluding hydrogens is 418 g/mol. The van der Waals surface area contributed by atoms with Crippen molar-refractivity contribution in [2.45, 2.75) is 18.4 Å². The molecule has 0 aliphatic carbocycles. The molecule has 0 unspecified atom stereocenters. The lowest BCUT2D eigenvalue weighted by Crippen LogP contribution is -2.28. The Hall–Kier alpha value is -2.55. The van der Waals surface area contributed by atoms with Gasteiger partial charge in [-0.05, 0) is 73.2 Å². The fraction of sp³-hybridized carbons (Fsp3) is 0.105. The van der Waals surface area contributed by atoms with Crippen LogP contribution in [0.3, 0.4) is 0 Å². The number of hydrogen-bond acceptors (Lipinski definition) is 4. The summed E-state index contributed by atoms with van der Waals surface area (Å²) < 4.78 is 33.1. The Labute approximate surface area is 174 Å². The molecule has 2 aromatic carbocycles. The second kappa shape index (κ2) is 8.64. The van der Waals surface area contributed by atoms with Crippen molar-refractivity contribution in [3.8, 4) is 0 Å². The van der Waals surface area contributed by atoms with Gasteiger partial charge in [0.1, 0.15) is 5.76 Å². The molecule has 1 heterocycles. The Kier molecular flexibility index (Phi) is 6.23. The monoisotopic (exact) mass is 435 g/mol. The van der Waals surface area contributed by atoms with Crippen molar-refractivity contribution < 1.29 is 12.8 Å². The van der Waals surface area contributed by atoms with E-state index in [0.29, 0.717) is 28.1 Å². The van der Waals surface area contributed by atoms with E-state index in [1.54, 1.807) is 42.7 Å². The maximum atomic E-state index is 12.7. The highest BCUT2D eigenvalue weighted by Gasteiger charge is 2.16. The SMILES string of the molecule is Cc1ccc(S(=O)(=O)Nc2ccc(Cl)cc2)cc1NC(=S)NCc1ccco1. The van der Waals surface area contributed by atoms with E-state index in [9.17, 15) is 8.42 Å². The molecule has 0 bridgehead atoms. The minimum atomic E-state index is -3.76. The van der Waals surface area contributed by atoms with Gasteiger partial charge in [0.25, 0.3) is 10.0 Å². The summed E-state index contributed by atoms with van der Waals surface area (Å²) in [5.41, 5.74) is 1.87. The molecule has 0 atom stereocenters. The highest BCUT2D eigenvalue weighted by Crippen LogP contribution is 2.23. The summed E-state index contributed by atoms with van der Waals surface area (Å²) >= 11 is 11.1. The standard InChI is InChI=1S/C19H18ClN3O3S2/c1-13-4-9-17(28(24,25)23-15-7-5-14(20)6-8-15)11-18(13)22-19(27)21-12-16-3-2-10-26-16/h2-11,23H,12H2,1H3,(H2,21,22,27). The summed E-state index contributed by atoms with van der Waals surface area (Å²) in [6, 6.07) is 14.8. The summed E-state index contributed by atoms with van der Waals surface area (Å²) in [7, 11) is -3.76. The molecule has 6 nitrogen and oxygen atoms in total. The maximum Gasteiger partial charge on any atom is 0.261 e. The minimum absolute atomic E-state index is 0.115. The molecule has 0 radical (unpaired) electrons. The van der Waals surface area contributed by atoms with E-state index in [1.807, 2.05) is 13.0 Å². The predicted molar refractivity (Wildman–Crippen MR) is 115 cm³/mol. The minimum Gasteiger partial charge on any atom is -0.467 e. The van der Waals surface area contributed by atoms with Crippen molar-refractivity contribution in [2.24, 2.45) is 0 Å². The number of hydrogen-bond donors (Lipinski definition) is 3. The van der Waals surface area contributed by atoms with Gasteiger partial charge in [-0.1, -0.05) is 17.7 Å². The molecule has 3 rings (SSSR count). The molecule has 0 spiro atoms. The van der Waals surface area contributed by atoms with E-state index in [0.717, 1.165) is 11.3 Å². The number of aryl methyl sites for hydroxylation is 1. The summed E-state index contributed by atoms with van der Waals surface area (Å²) in [4.78, 5) is 0.115. The molecule has 0 aliphatic rings. The molecule has 28 heavy (non-hydrogen) atoms. The van der Waals surface area contributed by atoms with Crippen LogP contribution < -0.4 is 15.4 Å². The van der Waals surface area contributed by atoms with Crippen molar-refractivity contribution in [1.82, 2.24) is 5.32 Å². The largest absolute Gasteiger partial charge is 0.467 e. The first kappa shape index (κ1) is 20.2. The zero-order valence-corrected chi connectivity index (χ0v) is 17.3. The van der Waals surface area contributed by atoms with E-state index in [4.69, 9.17) is 28.2 Å². The first-order chi connectivity index (χ1) is 13.3. The lowest BCUT2D eigenvalue weighted by Gasteiger charge is -2.14.